The molecule has 14 aromatic rings. The van der Waals surface area contributed by atoms with Crippen molar-refractivity contribution >= 4 is 82.4 Å². The molecule has 3 heteroatoms. The zero-order chi connectivity index (χ0) is 46.8. The maximum Gasteiger partial charge on any atom is 0.143 e. The fraction of sp³-hybridized carbons (Fsp3) is 0. The van der Waals surface area contributed by atoms with Crippen LogP contribution in [0.15, 0.2) is 271 Å². The Labute approximate surface area is 411 Å². The van der Waals surface area contributed by atoms with Gasteiger partial charge in [0.25, 0.3) is 0 Å². The standard InChI is InChI=1S/C68H44N2O/c1-4-17-45(18-5-1)56-27-14-29-61-65-54(26-15-31-63(65)70(67(56)61)50-22-8-3-9-23-50)48-33-38-51(39-34-48)69(62-30-16-28-58-53-24-11-10-21-47(53)37-42-59(58)62)52-40-35-49(36-41-52)55-43-44-57(46-19-6-2-7-20-46)68-66(55)60-25-12-13-32-64(60)71-68/h1-44H. The number of furan rings is 1. The monoisotopic (exact) mass is 904 g/mol. The Morgan fingerprint density at radius 2 is 0.845 bits per heavy atom. The van der Waals surface area contributed by atoms with E-state index in [9.17, 15) is 0 Å². The number of fused-ring (bicyclic) bond motifs is 9. The molecular formula is C68H44N2O. The Morgan fingerprint density at radius 3 is 1.58 bits per heavy atom. The number of rotatable bonds is 8. The molecule has 0 fully saturated rings. The summed E-state index contributed by atoms with van der Waals surface area (Å²) < 4.78 is 9.11. The topological polar surface area (TPSA) is 21.3 Å². The molecule has 0 bridgehead atoms. The third-order valence-corrected chi connectivity index (χ3v) is 14.4. The van der Waals surface area contributed by atoms with Crippen LogP contribution in [0.4, 0.5) is 17.1 Å². The van der Waals surface area contributed by atoms with Crippen molar-refractivity contribution in [2.75, 3.05) is 4.90 Å². The number of anilines is 3. The van der Waals surface area contributed by atoms with E-state index in [1.165, 1.54) is 60.0 Å². The predicted molar refractivity (Wildman–Crippen MR) is 299 cm³/mol. The van der Waals surface area contributed by atoms with Crippen LogP contribution in [0.1, 0.15) is 0 Å². The van der Waals surface area contributed by atoms with Crippen LogP contribution >= 0.6 is 0 Å². The molecule has 0 aliphatic rings. The lowest BCUT2D eigenvalue weighted by molar-refractivity contribution is 0.670. The first kappa shape index (κ1) is 40.6. The smallest absolute Gasteiger partial charge is 0.143 e. The lowest BCUT2D eigenvalue weighted by Crippen LogP contribution is -2.10. The first-order chi connectivity index (χ1) is 35.2. The first-order valence-corrected chi connectivity index (χ1v) is 24.3. The zero-order valence-electron chi connectivity index (χ0n) is 38.7. The fourth-order valence-corrected chi connectivity index (χ4v) is 11.2. The second-order valence-corrected chi connectivity index (χ2v) is 18.4. The summed E-state index contributed by atoms with van der Waals surface area (Å²) in [7, 11) is 0. The summed E-state index contributed by atoms with van der Waals surface area (Å²) in [4.78, 5) is 2.42. The number of para-hydroxylation sites is 3. The lowest BCUT2D eigenvalue weighted by atomic mass is 9.94. The van der Waals surface area contributed by atoms with Crippen LogP contribution < -0.4 is 4.90 Å². The lowest BCUT2D eigenvalue weighted by Gasteiger charge is -2.27. The molecule has 0 aliphatic heterocycles. The molecule has 0 unspecified atom stereocenters. The van der Waals surface area contributed by atoms with Crippen molar-refractivity contribution in [2.24, 2.45) is 0 Å². The number of aromatic nitrogens is 1. The van der Waals surface area contributed by atoms with Gasteiger partial charge in [0.2, 0.25) is 0 Å². The van der Waals surface area contributed by atoms with Crippen LogP contribution in [0.3, 0.4) is 0 Å². The molecule has 0 aliphatic carbocycles. The Bertz CT molecular complexity index is 4300. The first-order valence-electron chi connectivity index (χ1n) is 24.3. The molecule has 0 saturated carbocycles. The van der Waals surface area contributed by atoms with Gasteiger partial charge in [-0.05, 0) is 110 Å². The molecule has 332 valence electrons. The van der Waals surface area contributed by atoms with Gasteiger partial charge in [-0.3, -0.25) is 0 Å². The van der Waals surface area contributed by atoms with Crippen LogP contribution in [0.5, 0.6) is 0 Å². The maximum atomic E-state index is 6.67. The Hall–Kier alpha value is -9.44. The van der Waals surface area contributed by atoms with Gasteiger partial charge < -0.3 is 13.9 Å². The third-order valence-electron chi connectivity index (χ3n) is 14.4. The van der Waals surface area contributed by atoms with Gasteiger partial charge in [0, 0.05) is 55.1 Å². The highest BCUT2D eigenvalue weighted by atomic mass is 16.3. The van der Waals surface area contributed by atoms with Crippen molar-refractivity contribution in [2.45, 2.75) is 0 Å². The number of hydrogen-bond donors (Lipinski definition) is 0. The summed E-state index contributed by atoms with van der Waals surface area (Å²) >= 11 is 0. The average Bonchev–Trinajstić information content (AvgIpc) is 4.01. The van der Waals surface area contributed by atoms with Crippen molar-refractivity contribution in [3.05, 3.63) is 267 Å². The van der Waals surface area contributed by atoms with Gasteiger partial charge >= 0.3 is 0 Å². The molecule has 0 amide bonds. The average molecular weight is 905 g/mol. The van der Waals surface area contributed by atoms with Crippen molar-refractivity contribution < 1.29 is 4.42 Å². The molecule has 71 heavy (non-hydrogen) atoms. The van der Waals surface area contributed by atoms with E-state index >= 15 is 0 Å². The summed E-state index contributed by atoms with van der Waals surface area (Å²) in [5.41, 5.74) is 17.8. The van der Waals surface area contributed by atoms with Crippen molar-refractivity contribution in [1.29, 1.82) is 0 Å². The molecule has 3 nitrogen and oxygen atoms in total. The molecule has 14 rings (SSSR count). The van der Waals surface area contributed by atoms with Gasteiger partial charge in [0.1, 0.15) is 11.2 Å². The van der Waals surface area contributed by atoms with E-state index in [1.54, 1.807) is 0 Å². The maximum absolute atomic E-state index is 6.67. The Balaban J connectivity index is 0.930. The second kappa shape index (κ2) is 16.7. The van der Waals surface area contributed by atoms with Gasteiger partial charge in [-0.1, -0.05) is 206 Å². The molecule has 0 N–H and O–H groups in total. The SMILES string of the molecule is c1ccc(-c2ccc(-c3ccc(N(c4ccc(-c5cccc6c5c5cccc(-c7ccccc7)c5n6-c5ccccc5)cc4)c4cccc5c4ccc4ccccc45)cc3)c3c2oc2ccccc23)cc1. The van der Waals surface area contributed by atoms with Crippen LogP contribution in [-0.4, -0.2) is 4.57 Å². The Kier molecular flexibility index (Phi) is 9.53. The second-order valence-electron chi connectivity index (χ2n) is 18.4. The van der Waals surface area contributed by atoms with Gasteiger partial charge in [0.05, 0.1) is 16.7 Å². The fourth-order valence-electron chi connectivity index (χ4n) is 11.2. The Morgan fingerprint density at radius 1 is 0.310 bits per heavy atom. The van der Waals surface area contributed by atoms with Gasteiger partial charge in [-0.15, -0.1) is 0 Å². The van der Waals surface area contributed by atoms with Crippen molar-refractivity contribution in [3.8, 4) is 50.2 Å². The third kappa shape index (κ3) is 6.66. The largest absolute Gasteiger partial charge is 0.455 e. The van der Waals surface area contributed by atoms with Crippen LogP contribution in [0.2, 0.25) is 0 Å². The van der Waals surface area contributed by atoms with Crippen LogP contribution in [-0.2, 0) is 0 Å². The van der Waals surface area contributed by atoms with Crippen molar-refractivity contribution in [1.82, 2.24) is 4.57 Å². The summed E-state index contributed by atoms with van der Waals surface area (Å²) in [5, 5.41) is 9.59. The van der Waals surface area contributed by atoms with E-state index in [1.807, 2.05) is 6.07 Å². The highest BCUT2D eigenvalue weighted by molar-refractivity contribution is 6.20. The minimum Gasteiger partial charge on any atom is -0.455 e. The number of hydrogen-bond acceptors (Lipinski definition) is 2. The van der Waals surface area contributed by atoms with Crippen molar-refractivity contribution in [3.63, 3.8) is 0 Å². The van der Waals surface area contributed by atoms with E-state index in [-0.39, 0.29) is 0 Å². The molecule has 0 spiro atoms. The predicted octanol–water partition coefficient (Wildman–Crippen LogP) is 19.1. The quantitative estimate of drug-likeness (QED) is 0.142. The summed E-state index contributed by atoms with van der Waals surface area (Å²) in [6.07, 6.45) is 0. The van der Waals surface area contributed by atoms with E-state index in [4.69, 9.17) is 4.42 Å². The van der Waals surface area contributed by atoms with Gasteiger partial charge in [-0.25, -0.2) is 0 Å². The minimum atomic E-state index is 0.886. The molecular weight excluding hydrogens is 861 g/mol. The molecule has 0 atom stereocenters. The van der Waals surface area contributed by atoms with E-state index in [0.29, 0.717) is 0 Å². The van der Waals surface area contributed by atoms with Crippen LogP contribution in [0.25, 0.3) is 115 Å². The number of benzene rings is 12. The summed E-state index contributed by atoms with van der Waals surface area (Å²) in [6, 6.07) is 96.6. The summed E-state index contributed by atoms with van der Waals surface area (Å²) in [6.45, 7) is 0. The van der Waals surface area contributed by atoms with Gasteiger partial charge in [0.15, 0.2) is 0 Å². The number of nitrogens with zero attached hydrogens (tertiary/aromatic N) is 2. The molecule has 2 aromatic heterocycles. The minimum absolute atomic E-state index is 0.886. The normalized spacial score (nSPS) is 11.7. The van der Waals surface area contributed by atoms with Gasteiger partial charge in [-0.2, -0.15) is 0 Å². The van der Waals surface area contributed by atoms with E-state index in [0.717, 1.165) is 72.5 Å². The summed E-state index contributed by atoms with van der Waals surface area (Å²) in [5.74, 6) is 0. The highest BCUT2D eigenvalue weighted by Gasteiger charge is 2.22. The van der Waals surface area contributed by atoms with Crippen LogP contribution in [0, 0.1) is 0 Å². The van der Waals surface area contributed by atoms with E-state index < -0.39 is 0 Å². The molecule has 0 saturated heterocycles. The molecule has 12 aromatic carbocycles. The molecule has 2 heterocycles. The molecule has 0 radical (unpaired) electrons. The zero-order valence-corrected chi connectivity index (χ0v) is 38.7. The highest BCUT2D eigenvalue weighted by Crippen LogP contribution is 2.46. The van der Waals surface area contributed by atoms with E-state index in [2.05, 4.69) is 270 Å².